The summed E-state index contributed by atoms with van der Waals surface area (Å²) in [6, 6.07) is 0. The van der Waals surface area contributed by atoms with Gasteiger partial charge in [-0.25, -0.2) is 0 Å². The maximum atomic E-state index is 10.8. The van der Waals surface area contributed by atoms with Crippen molar-refractivity contribution in [3.05, 3.63) is 21.6 Å². The summed E-state index contributed by atoms with van der Waals surface area (Å²) in [5.74, 6) is 0. The molecule has 0 aliphatic carbocycles. The van der Waals surface area contributed by atoms with Crippen molar-refractivity contribution < 1.29 is 0 Å². The predicted molar refractivity (Wildman–Crippen MR) is 32.0 cm³/mol. The van der Waals surface area contributed by atoms with Crippen molar-refractivity contribution in [2.24, 2.45) is 0 Å². The van der Waals surface area contributed by atoms with E-state index < -0.39 is 0 Å². The minimum absolute atomic E-state index is 0.00926. The molecule has 4 nitrogen and oxygen atoms in total. The van der Waals surface area contributed by atoms with Gasteiger partial charge in [0, 0.05) is 13.1 Å². The Morgan fingerprint density at radius 1 is 1.22 bits per heavy atom. The van der Waals surface area contributed by atoms with E-state index in [1.54, 1.807) is 0 Å². The van der Waals surface area contributed by atoms with Crippen LogP contribution in [0.2, 0.25) is 0 Å². The Morgan fingerprint density at radius 2 is 2.11 bits per heavy atom. The molecule has 9 heavy (non-hydrogen) atoms. The van der Waals surface area contributed by atoms with Gasteiger partial charge in [0.2, 0.25) is 0 Å². The number of aromatic nitrogens is 2. The van der Waals surface area contributed by atoms with E-state index in [1.807, 2.05) is 0 Å². The van der Waals surface area contributed by atoms with Crippen LogP contribution in [-0.2, 0) is 13.1 Å². The summed E-state index contributed by atoms with van der Waals surface area (Å²) >= 11 is 0. The number of rotatable bonds is 0. The normalized spacial score (nSPS) is 16.0. The van der Waals surface area contributed by atoms with Crippen LogP contribution in [-0.4, -0.2) is 10.2 Å². The van der Waals surface area contributed by atoms with Crippen LogP contribution < -0.4 is 10.9 Å². The summed E-state index contributed by atoms with van der Waals surface area (Å²) in [4.78, 5) is 10.8. The van der Waals surface area contributed by atoms with Crippen LogP contribution >= 0.6 is 0 Å². The van der Waals surface area contributed by atoms with Gasteiger partial charge in [-0.15, -0.1) is 0 Å². The van der Waals surface area contributed by atoms with Crippen molar-refractivity contribution >= 4 is 0 Å². The lowest BCUT2D eigenvalue weighted by Gasteiger charge is -1.83. The number of nitrogens with one attached hydrogen (secondary N) is 3. The molecule has 1 aliphatic heterocycles. The Balaban J connectivity index is 2.70. The van der Waals surface area contributed by atoms with E-state index in [9.17, 15) is 4.79 Å². The second-order valence-electron chi connectivity index (χ2n) is 2.14. The molecule has 3 N–H and O–H groups in total. The fourth-order valence-corrected chi connectivity index (χ4v) is 1.07. The average molecular weight is 125 g/mol. The molecule has 0 atom stereocenters. The lowest BCUT2D eigenvalue weighted by atomic mass is 10.3. The third-order valence-electron chi connectivity index (χ3n) is 1.57. The van der Waals surface area contributed by atoms with Gasteiger partial charge in [-0.1, -0.05) is 0 Å². The highest BCUT2D eigenvalue weighted by Crippen LogP contribution is 2.04. The summed E-state index contributed by atoms with van der Waals surface area (Å²) in [5.41, 5.74) is 1.87. The van der Waals surface area contributed by atoms with E-state index in [1.165, 1.54) is 0 Å². The minimum atomic E-state index is 0.00926. The molecule has 1 aromatic heterocycles. The topological polar surface area (TPSA) is 60.7 Å². The Morgan fingerprint density at radius 3 is 2.89 bits per heavy atom. The lowest BCUT2D eigenvalue weighted by molar-refractivity contribution is 0.737. The molecule has 0 fully saturated rings. The number of hydrogen-bond acceptors (Lipinski definition) is 2. The fourth-order valence-electron chi connectivity index (χ4n) is 1.07. The first-order chi connectivity index (χ1) is 4.38. The van der Waals surface area contributed by atoms with E-state index in [0.717, 1.165) is 17.8 Å². The van der Waals surface area contributed by atoms with Gasteiger partial charge in [-0.05, 0) is 0 Å². The van der Waals surface area contributed by atoms with Crippen LogP contribution in [0.15, 0.2) is 4.79 Å². The number of fused-ring (bicyclic) bond motifs is 1. The van der Waals surface area contributed by atoms with E-state index in [-0.39, 0.29) is 5.56 Å². The molecule has 0 radical (unpaired) electrons. The molecule has 2 heterocycles. The highest BCUT2D eigenvalue weighted by molar-refractivity contribution is 5.19. The van der Waals surface area contributed by atoms with Crippen LogP contribution in [0, 0.1) is 0 Å². The first kappa shape index (κ1) is 4.81. The zero-order valence-electron chi connectivity index (χ0n) is 4.82. The summed E-state index contributed by atoms with van der Waals surface area (Å²) in [7, 11) is 0. The maximum absolute atomic E-state index is 10.8. The molecule has 0 aromatic carbocycles. The van der Waals surface area contributed by atoms with Gasteiger partial charge in [0.25, 0.3) is 5.56 Å². The molecule has 0 saturated carbocycles. The largest absolute Gasteiger partial charge is 0.307 e. The zero-order valence-corrected chi connectivity index (χ0v) is 4.82. The Bertz CT molecular complexity index is 272. The zero-order chi connectivity index (χ0) is 6.27. The molecule has 0 saturated heterocycles. The standard InChI is InChI=1S/C5H7N3O/c9-5-3-1-6-2-4(3)7-8-5/h6H,1-2H2,(H2,7,8,9). The van der Waals surface area contributed by atoms with Gasteiger partial charge in [0.1, 0.15) is 0 Å². The molecule has 4 heteroatoms. The van der Waals surface area contributed by atoms with Crippen LogP contribution in [0.5, 0.6) is 0 Å². The highest BCUT2D eigenvalue weighted by atomic mass is 16.1. The molecule has 1 aliphatic rings. The van der Waals surface area contributed by atoms with Gasteiger partial charge in [-0.3, -0.25) is 9.89 Å². The summed E-state index contributed by atoms with van der Waals surface area (Å²) in [5, 5.41) is 8.36. The van der Waals surface area contributed by atoms with Crippen LogP contribution in [0.3, 0.4) is 0 Å². The van der Waals surface area contributed by atoms with Crippen LogP contribution in [0.4, 0.5) is 0 Å². The van der Waals surface area contributed by atoms with Gasteiger partial charge in [0.05, 0.1) is 11.3 Å². The van der Waals surface area contributed by atoms with E-state index in [0.29, 0.717) is 6.54 Å². The first-order valence-corrected chi connectivity index (χ1v) is 2.87. The second kappa shape index (κ2) is 1.48. The molecular weight excluding hydrogens is 118 g/mol. The Hall–Kier alpha value is -1.03. The Kier molecular flexibility index (Phi) is 0.790. The summed E-state index contributed by atoms with van der Waals surface area (Å²) in [6.07, 6.45) is 0. The van der Waals surface area contributed by atoms with Crippen molar-refractivity contribution in [2.45, 2.75) is 13.1 Å². The van der Waals surface area contributed by atoms with Gasteiger partial charge >= 0.3 is 0 Å². The summed E-state index contributed by atoms with van der Waals surface area (Å²) in [6.45, 7) is 1.49. The van der Waals surface area contributed by atoms with Crippen molar-refractivity contribution in [2.75, 3.05) is 0 Å². The van der Waals surface area contributed by atoms with Gasteiger partial charge in [0.15, 0.2) is 0 Å². The third kappa shape index (κ3) is 0.533. The van der Waals surface area contributed by atoms with Crippen molar-refractivity contribution in [1.82, 2.24) is 15.5 Å². The molecule has 0 amide bonds. The van der Waals surface area contributed by atoms with Gasteiger partial charge in [-0.2, -0.15) is 0 Å². The SMILES string of the molecule is O=c1[nH][nH]c2c1CNC2. The molecule has 0 bridgehead atoms. The molecular formula is C5H7N3O. The highest BCUT2D eigenvalue weighted by Gasteiger charge is 2.13. The van der Waals surface area contributed by atoms with Crippen molar-refractivity contribution in [1.29, 1.82) is 0 Å². The number of aromatic amines is 2. The minimum Gasteiger partial charge on any atom is -0.307 e. The molecule has 0 spiro atoms. The molecule has 48 valence electrons. The number of H-pyrrole nitrogens is 2. The monoisotopic (exact) mass is 125 g/mol. The predicted octanol–water partition coefficient (Wildman–Crippen LogP) is -0.694. The van der Waals surface area contributed by atoms with Crippen LogP contribution in [0.1, 0.15) is 11.3 Å². The van der Waals surface area contributed by atoms with Crippen molar-refractivity contribution in [3.8, 4) is 0 Å². The van der Waals surface area contributed by atoms with E-state index in [4.69, 9.17) is 0 Å². The fraction of sp³-hybridized carbons (Fsp3) is 0.400. The van der Waals surface area contributed by atoms with Gasteiger partial charge < -0.3 is 10.4 Å². The summed E-state index contributed by atoms with van der Waals surface area (Å²) < 4.78 is 0. The van der Waals surface area contributed by atoms with Crippen LogP contribution in [0.25, 0.3) is 0 Å². The smallest absolute Gasteiger partial charge is 0.268 e. The number of hydrogen-bond donors (Lipinski definition) is 3. The molecule has 1 aromatic rings. The molecule has 2 rings (SSSR count). The van der Waals surface area contributed by atoms with E-state index in [2.05, 4.69) is 15.5 Å². The van der Waals surface area contributed by atoms with E-state index >= 15 is 0 Å². The average Bonchev–Trinajstić information content (AvgIpc) is 2.35. The molecule has 0 unspecified atom stereocenters. The Labute approximate surface area is 51.3 Å². The quantitative estimate of drug-likeness (QED) is 0.429. The maximum Gasteiger partial charge on any atom is 0.268 e. The first-order valence-electron chi connectivity index (χ1n) is 2.87. The van der Waals surface area contributed by atoms with Crippen molar-refractivity contribution in [3.63, 3.8) is 0 Å². The second-order valence-corrected chi connectivity index (χ2v) is 2.14. The lowest BCUT2D eigenvalue weighted by Crippen LogP contribution is -2.10. The third-order valence-corrected chi connectivity index (χ3v) is 1.57.